The van der Waals surface area contributed by atoms with Gasteiger partial charge in [-0.15, -0.1) is 11.8 Å². The van der Waals surface area contributed by atoms with Crippen molar-refractivity contribution < 1.29 is 33.7 Å². The Morgan fingerprint density at radius 1 is 1.17 bits per heavy atom. The van der Waals surface area contributed by atoms with E-state index in [9.17, 15) is 19.5 Å². The quantitative estimate of drug-likeness (QED) is 0.264. The van der Waals surface area contributed by atoms with Gasteiger partial charge >= 0.3 is 11.9 Å². The Hall–Kier alpha value is -2.92. The fraction of sp³-hybridized carbons (Fsp3) is 0.516. The Balaban J connectivity index is 2.12. The van der Waals surface area contributed by atoms with Crippen LogP contribution >= 0.6 is 11.8 Å². The second-order valence-electron chi connectivity index (χ2n) is 12.0. The number of hydrogen-bond acceptors (Lipinski definition) is 8. The van der Waals surface area contributed by atoms with Gasteiger partial charge in [0.25, 0.3) is 0 Å². The van der Waals surface area contributed by atoms with Crippen LogP contribution < -0.4 is 19.3 Å². The molecule has 2 N–H and O–H groups in total. The maximum atomic E-state index is 14.7. The first-order valence-corrected chi connectivity index (χ1v) is 15.0. The molecule has 0 aromatic heterocycles. The number of para-hydroxylation sites is 1. The number of thioether (sulfide) groups is 1. The zero-order valence-electron chi connectivity index (χ0n) is 24.9. The molecule has 2 aliphatic heterocycles. The molecule has 0 aliphatic carbocycles. The second kappa shape index (κ2) is 11.8. The number of ether oxygens (including phenoxy) is 3. The predicted molar refractivity (Wildman–Crippen MR) is 159 cm³/mol. The third kappa shape index (κ3) is 5.27. The summed E-state index contributed by atoms with van der Waals surface area (Å²) >= 11 is 1.56. The van der Waals surface area contributed by atoms with Gasteiger partial charge in [0.15, 0.2) is 29.3 Å². The van der Waals surface area contributed by atoms with Crippen molar-refractivity contribution in [2.24, 2.45) is 10.8 Å². The van der Waals surface area contributed by atoms with Gasteiger partial charge in [-0.3, -0.25) is 9.59 Å². The van der Waals surface area contributed by atoms with Crippen molar-refractivity contribution in [1.82, 2.24) is 9.80 Å². The Labute approximate surface area is 246 Å². The van der Waals surface area contributed by atoms with E-state index in [0.717, 1.165) is 10.5 Å². The van der Waals surface area contributed by atoms with E-state index in [-0.39, 0.29) is 30.1 Å². The summed E-state index contributed by atoms with van der Waals surface area (Å²) in [7, 11) is 3.12. The van der Waals surface area contributed by atoms with Crippen molar-refractivity contribution in [3.63, 3.8) is 0 Å². The fourth-order valence-electron chi connectivity index (χ4n) is 6.69. The number of benzene rings is 2. The molecule has 2 aromatic rings. The highest BCUT2D eigenvalue weighted by molar-refractivity contribution is 7.98. The van der Waals surface area contributed by atoms with Crippen molar-refractivity contribution in [2.75, 3.05) is 46.7 Å². The lowest BCUT2D eigenvalue weighted by atomic mass is 9.70. The number of piperidine rings is 1. The first kappa shape index (κ1) is 31.0. The number of carboxylic acid groups (broad SMARTS) is 1. The van der Waals surface area contributed by atoms with Crippen molar-refractivity contribution in [2.45, 2.75) is 51.2 Å². The van der Waals surface area contributed by atoms with Crippen molar-refractivity contribution in [3.8, 4) is 11.5 Å². The maximum absolute atomic E-state index is 14.7. The number of methoxy groups -OCH3 is 2. The van der Waals surface area contributed by atoms with Crippen LogP contribution in [0.1, 0.15) is 51.3 Å². The number of ketones is 1. The van der Waals surface area contributed by atoms with Gasteiger partial charge in [0.05, 0.1) is 20.8 Å². The molecule has 1 fully saturated rings. The van der Waals surface area contributed by atoms with Crippen LogP contribution in [0, 0.1) is 10.8 Å². The van der Waals surface area contributed by atoms with Crippen LogP contribution in [0.2, 0.25) is 0 Å². The average Bonchev–Trinajstić information content (AvgIpc) is 3.05. The van der Waals surface area contributed by atoms with Gasteiger partial charge in [-0.05, 0) is 31.4 Å². The number of aliphatic carboxylic acids is 1. The van der Waals surface area contributed by atoms with Gasteiger partial charge in [-0.1, -0.05) is 32.9 Å². The van der Waals surface area contributed by atoms with Crippen LogP contribution in [-0.4, -0.2) is 75.5 Å². The molecule has 9 nitrogen and oxygen atoms in total. The maximum Gasteiger partial charge on any atom is 0.344 e. The van der Waals surface area contributed by atoms with E-state index in [1.54, 1.807) is 32.0 Å². The minimum atomic E-state index is -1.80. The van der Waals surface area contributed by atoms with E-state index < -0.39 is 34.7 Å². The molecule has 222 valence electrons. The summed E-state index contributed by atoms with van der Waals surface area (Å²) in [6.07, 6.45) is 1.59. The van der Waals surface area contributed by atoms with E-state index in [1.807, 2.05) is 57.4 Å². The van der Waals surface area contributed by atoms with Crippen LogP contribution in [0.15, 0.2) is 41.3 Å². The Morgan fingerprint density at radius 2 is 1.90 bits per heavy atom. The highest BCUT2D eigenvalue weighted by Crippen LogP contribution is 2.50. The van der Waals surface area contributed by atoms with Gasteiger partial charge < -0.3 is 24.6 Å². The number of fused-ring (bicyclic) bond motifs is 1. The average molecular weight is 586 g/mol. The molecule has 2 heterocycles. The zero-order valence-corrected chi connectivity index (χ0v) is 25.7. The van der Waals surface area contributed by atoms with Crippen LogP contribution in [0.25, 0.3) is 0 Å². The van der Waals surface area contributed by atoms with Gasteiger partial charge in [0.2, 0.25) is 0 Å². The molecular formula is C31H41N2O7S+. The molecule has 0 radical (unpaired) electrons. The fourth-order valence-corrected chi connectivity index (χ4v) is 7.14. The molecule has 2 aromatic carbocycles. The highest BCUT2D eigenvalue weighted by Gasteiger charge is 2.65. The summed E-state index contributed by atoms with van der Waals surface area (Å²) < 4.78 is 17.5. The standard InChI is InChI=1S/C31H40N2O7S/c1-19(34)31(29(36)37)17-32-14-13-25(31)33(18-30(2,3)4)23-12-11-20(41-7)15-22(23)27(40-16-26(33)35)21-9-8-10-24(38-5)28(21)39-6/h8-12,15,25,27,32H,13-14,16-18H2,1-7H3/p+1/t25-,27?,31+,33?/m1/s1. The first-order valence-electron chi connectivity index (χ1n) is 13.7. The first-order chi connectivity index (χ1) is 19.4. The SMILES string of the molecule is COc1cccc(C2OCC(=O)[N+](CC(C)(C)C)([C@@H]3CCNC[C@@]3(C(C)=O)C(=O)O)c3ccc(SC)cc32)c1OC. The van der Waals surface area contributed by atoms with E-state index >= 15 is 0 Å². The number of rotatable bonds is 8. The Kier molecular flexibility index (Phi) is 8.90. The summed E-state index contributed by atoms with van der Waals surface area (Å²) in [6.45, 7) is 7.86. The van der Waals surface area contributed by atoms with Gasteiger partial charge in [0.1, 0.15) is 17.8 Å². The zero-order chi connectivity index (χ0) is 30.2. The molecule has 1 amide bonds. The molecule has 0 bridgehead atoms. The number of quaternary nitrogens is 1. The summed E-state index contributed by atoms with van der Waals surface area (Å²) in [4.78, 5) is 42.1. The van der Waals surface area contributed by atoms with Gasteiger partial charge in [-0.25, -0.2) is 9.28 Å². The lowest BCUT2D eigenvalue weighted by molar-refractivity contribution is -0.164. The Bertz CT molecular complexity index is 1320. The van der Waals surface area contributed by atoms with Crippen LogP contribution in [0.5, 0.6) is 11.5 Å². The van der Waals surface area contributed by atoms with Crippen molar-refractivity contribution >= 4 is 35.1 Å². The molecule has 1 saturated heterocycles. The van der Waals surface area contributed by atoms with Gasteiger partial charge in [0, 0.05) is 47.0 Å². The minimum absolute atomic E-state index is 0.0496. The minimum Gasteiger partial charge on any atom is -0.493 e. The van der Waals surface area contributed by atoms with Crippen LogP contribution in [0.4, 0.5) is 5.69 Å². The van der Waals surface area contributed by atoms with Crippen molar-refractivity contribution in [1.29, 1.82) is 0 Å². The summed E-state index contributed by atoms with van der Waals surface area (Å²) in [5.41, 5.74) is -0.142. The molecule has 2 unspecified atom stereocenters. The lowest BCUT2D eigenvalue weighted by Gasteiger charge is -2.51. The number of nitrogens with one attached hydrogen (secondary N) is 1. The number of carboxylic acids is 1. The van der Waals surface area contributed by atoms with Crippen molar-refractivity contribution in [3.05, 3.63) is 47.5 Å². The summed E-state index contributed by atoms with van der Waals surface area (Å²) in [5.74, 6) is -0.947. The lowest BCUT2D eigenvalue weighted by Crippen LogP contribution is -2.75. The Morgan fingerprint density at radius 3 is 2.49 bits per heavy atom. The second-order valence-corrected chi connectivity index (χ2v) is 12.9. The molecular weight excluding hydrogens is 544 g/mol. The third-order valence-electron chi connectivity index (χ3n) is 8.31. The molecule has 2 aliphatic rings. The molecule has 4 rings (SSSR count). The number of Topliss-reactive ketones (excluding diaryl/α,β-unsaturated/α-hetero) is 1. The molecule has 10 heteroatoms. The highest BCUT2D eigenvalue weighted by atomic mass is 32.2. The van der Waals surface area contributed by atoms with E-state index in [0.29, 0.717) is 35.7 Å². The number of nitrogens with zero attached hydrogens (tertiary/aromatic N) is 1. The number of carbonyl (C=O) groups is 3. The largest absolute Gasteiger partial charge is 0.493 e. The smallest absolute Gasteiger partial charge is 0.344 e. The normalized spacial score (nSPS) is 26.6. The third-order valence-corrected chi connectivity index (χ3v) is 9.04. The number of amides is 1. The monoisotopic (exact) mass is 585 g/mol. The molecule has 41 heavy (non-hydrogen) atoms. The van der Waals surface area contributed by atoms with Crippen LogP contribution in [0.3, 0.4) is 0 Å². The predicted octanol–water partition coefficient (Wildman–Crippen LogP) is 4.45. The topological polar surface area (TPSA) is 111 Å². The molecule has 0 saturated carbocycles. The van der Waals surface area contributed by atoms with E-state index in [4.69, 9.17) is 14.2 Å². The number of hydrogen-bond donors (Lipinski definition) is 2. The summed E-state index contributed by atoms with van der Waals surface area (Å²) in [6, 6.07) is 10.6. The van der Waals surface area contributed by atoms with E-state index in [2.05, 4.69) is 5.32 Å². The van der Waals surface area contributed by atoms with Gasteiger partial charge in [-0.2, -0.15) is 0 Å². The van der Waals surface area contributed by atoms with E-state index in [1.165, 1.54) is 6.92 Å². The molecule has 0 spiro atoms. The van der Waals surface area contributed by atoms with Crippen LogP contribution in [-0.2, 0) is 19.1 Å². The summed E-state index contributed by atoms with van der Waals surface area (Å²) in [5, 5.41) is 13.8. The molecule has 4 atom stereocenters. The number of carbonyl (C=O) groups excluding carboxylic acids is 2.